The number of rotatable bonds is 7. The number of aromatic hydroxyl groups is 1. The average Bonchev–Trinajstić information content (AvgIpc) is 3.01. The van der Waals surface area contributed by atoms with Gasteiger partial charge in [0.15, 0.2) is 0 Å². The second kappa shape index (κ2) is 10.5. The Morgan fingerprint density at radius 2 is 1.85 bits per heavy atom. The zero-order valence-corrected chi connectivity index (χ0v) is 19.9. The molecule has 34 heavy (non-hydrogen) atoms. The summed E-state index contributed by atoms with van der Waals surface area (Å²) >= 11 is 0. The number of nitrogens with zero attached hydrogens (tertiary/aromatic N) is 2. The van der Waals surface area contributed by atoms with Crippen LogP contribution in [0.4, 0.5) is 5.69 Å². The van der Waals surface area contributed by atoms with E-state index in [0.29, 0.717) is 37.2 Å². The Balaban J connectivity index is 1.40. The molecule has 2 heterocycles. The number of aliphatic hydroxyl groups excluding tert-OH is 1. The molecule has 184 valence electrons. The first kappa shape index (κ1) is 24.2. The van der Waals surface area contributed by atoms with E-state index in [4.69, 9.17) is 14.2 Å². The van der Waals surface area contributed by atoms with Gasteiger partial charge in [-0.15, -0.1) is 0 Å². The van der Waals surface area contributed by atoms with E-state index in [1.807, 2.05) is 24.3 Å². The topological polar surface area (TPSA) is 91.7 Å². The number of hydrogen-bond donors (Lipinski definition) is 2. The maximum absolute atomic E-state index is 12.9. The van der Waals surface area contributed by atoms with Crippen LogP contribution in [-0.4, -0.2) is 79.7 Å². The Morgan fingerprint density at radius 3 is 2.53 bits per heavy atom. The third-order valence-corrected chi connectivity index (χ3v) is 6.93. The number of aryl methyl sites for hydroxylation is 1. The fourth-order valence-corrected chi connectivity index (χ4v) is 4.88. The maximum Gasteiger partial charge on any atom is 0.352 e. The van der Waals surface area contributed by atoms with Crippen LogP contribution in [0.5, 0.6) is 17.2 Å². The molecule has 2 aliphatic rings. The van der Waals surface area contributed by atoms with Gasteiger partial charge >= 0.3 is 5.97 Å². The molecule has 0 aliphatic carbocycles. The van der Waals surface area contributed by atoms with Gasteiger partial charge < -0.3 is 29.3 Å². The van der Waals surface area contributed by atoms with Gasteiger partial charge in [-0.3, -0.25) is 4.90 Å². The highest BCUT2D eigenvalue weighted by Crippen LogP contribution is 2.38. The molecule has 0 radical (unpaired) electrons. The first-order chi connectivity index (χ1) is 16.4. The van der Waals surface area contributed by atoms with E-state index in [9.17, 15) is 15.0 Å². The molecule has 0 spiro atoms. The minimum absolute atomic E-state index is 0.269. The van der Waals surface area contributed by atoms with Crippen LogP contribution < -0.4 is 14.4 Å². The Kier molecular flexibility index (Phi) is 7.48. The Labute approximate surface area is 200 Å². The van der Waals surface area contributed by atoms with E-state index < -0.39 is 17.7 Å². The Morgan fingerprint density at radius 1 is 1.12 bits per heavy atom. The van der Waals surface area contributed by atoms with Crippen molar-refractivity contribution in [3.8, 4) is 17.2 Å². The second-order valence-electron chi connectivity index (χ2n) is 8.96. The second-order valence-corrected chi connectivity index (χ2v) is 8.96. The quantitative estimate of drug-likeness (QED) is 0.597. The molecule has 0 saturated carbocycles. The van der Waals surface area contributed by atoms with Crippen LogP contribution >= 0.6 is 0 Å². The fourth-order valence-electron chi connectivity index (χ4n) is 4.88. The molecule has 0 bridgehead atoms. The smallest absolute Gasteiger partial charge is 0.352 e. The third kappa shape index (κ3) is 5.08. The van der Waals surface area contributed by atoms with Gasteiger partial charge in [0.25, 0.3) is 0 Å². The van der Waals surface area contributed by atoms with Crippen molar-refractivity contribution in [1.82, 2.24) is 4.90 Å². The molecule has 2 aliphatic heterocycles. The largest absolute Gasteiger partial charge is 0.508 e. The van der Waals surface area contributed by atoms with Gasteiger partial charge in [0.05, 0.1) is 14.2 Å². The lowest BCUT2D eigenvalue weighted by atomic mass is 9.88. The maximum atomic E-state index is 12.9. The number of aliphatic hydroxyl groups is 1. The molecular formula is C26H34N2O6. The van der Waals surface area contributed by atoms with E-state index in [1.165, 1.54) is 7.11 Å². The minimum Gasteiger partial charge on any atom is -0.508 e. The number of carbonyl (C=O) groups is 1. The molecule has 0 amide bonds. The average molecular weight is 471 g/mol. The number of esters is 1. The lowest BCUT2D eigenvalue weighted by Crippen LogP contribution is -2.55. The zero-order valence-electron chi connectivity index (χ0n) is 19.9. The van der Waals surface area contributed by atoms with E-state index in [-0.39, 0.29) is 5.75 Å². The predicted molar refractivity (Wildman–Crippen MR) is 129 cm³/mol. The summed E-state index contributed by atoms with van der Waals surface area (Å²) in [6.45, 7) is 4.37. The van der Waals surface area contributed by atoms with Gasteiger partial charge in [-0.25, -0.2) is 4.79 Å². The normalized spacial score (nSPS) is 22.9. The fraction of sp³-hybridized carbons (Fsp3) is 0.500. The first-order valence-electron chi connectivity index (χ1n) is 11.8. The van der Waals surface area contributed by atoms with Crippen molar-refractivity contribution < 1.29 is 29.2 Å². The highest BCUT2D eigenvalue weighted by atomic mass is 16.6. The van der Waals surface area contributed by atoms with Crippen LogP contribution in [0, 0.1) is 0 Å². The van der Waals surface area contributed by atoms with Crippen LogP contribution in [0.25, 0.3) is 0 Å². The first-order valence-corrected chi connectivity index (χ1v) is 11.8. The molecule has 0 aromatic heterocycles. The summed E-state index contributed by atoms with van der Waals surface area (Å²) in [5.41, 5.74) is 0.599. The minimum atomic E-state index is -1.44. The molecule has 4 rings (SSSR count). The van der Waals surface area contributed by atoms with Gasteiger partial charge in [0, 0.05) is 44.4 Å². The van der Waals surface area contributed by atoms with Crippen molar-refractivity contribution in [2.45, 2.75) is 37.4 Å². The number of methoxy groups -OCH3 is 2. The Bertz CT molecular complexity index is 974. The zero-order chi connectivity index (χ0) is 24.1. The van der Waals surface area contributed by atoms with Crippen LogP contribution in [0.1, 0.15) is 24.8 Å². The highest BCUT2D eigenvalue weighted by Gasteiger charge is 2.50. The molecule has 8 nitrogen and oxygen atoms in total. The van der Waals surface area contributed by atoms with E-state index in [2.05, 4.69) is 9.80 Å². The SMILES string of the molecule is COC(=O)C1(CCCN2CCN(c3ccc(O)cc3)CC2)Oc2cc(OC)ccc2CCC1O. The Hall–Kier alpha value is -2.97. The number of hydrogen-bond acceptors (Lipinski definition) is 8. The van der Waals surface area contributed by atoms with Crippen LogP contribution in [-0.2, 0) is 16.0 Å². The number of phenols is 1. The van der Waals surface area contributed by atoms with Crippen molar-refractivity contribution >= 4 is 11.7 Å². The molecule has 2 aromatic rings. The van der Waals surface area contributed by atoms with Crippen LogP contribution in [0.3, 0.4) is 0 Å². The van der Waals surface area contributed by atoms with Crippen LogP contribution in [0.2, 0.25) is 0 Å². The third-order valence-electron chi connectivity index (χ3n) is 6.93. The van der Waals surface area contributed by atoms with Gasteiger partial charge in [0.2, 0.25) is 5.60 Å². The summed E-state index contributed by atoms with van der Waals surface area (Å²) in [7, 11) is 2.92. The lowest BCUT2D eigenvalue weighted by Gasteiger charge is -2.37. The van der Waals surface area contributed by atoms with Gasteiger partial charge in [-0.05, 0) is 61.7 Å². The standard InChI is InChI=1S/C26H34N2O6/c1-32-22-10-4-19-5-11-24(30)26(25(31)33-2,34-23(19)18-22)12-3-13-27-14-16-28(17-15-27)20-6-8-21(29)9-7-20/h4,6-10,18,24,29-30H,3,5,11-17H2,1-2H3. The number of anilines is 1. The molecule has 8 heteroatoms. The predicted octanol–water partition coefficient (Wildman–Crippen LogP) is 2.60. The monoisotopic (exact) mass is 470 g/mol. The molecule has 1 fully saturated rings. The molecule has 2 atom stereocenters. The lowest BCUT2D eigenvalue weighted by molar-refractivity contribution is -0.171. The van der Waals surface area contributed by atoms with E-state index in [1.54, 1.807) is 25.3 Å². The summed E-state index contributed by atoms with van der Waals surface area (Å²) in [6, 6.07) is 12.8. The van der Waals surface area contributed by atoms with Crippen LogP contribution in [0.15, 0.2) is 42.5 Å². The highest BCUT2D eigenvalue weighted by molar-refractivity contribution is 5.81. The van der Waals surface area contributed by atoms with Crippen molar-refractivity contribution in [3.63, 3.8) is 0 Å². The summed E-state index contributed by atoms with van der Waals surface area (Å²) < 4.78 is 16.7. The molecule has 1 saturated heterocycles. The van der Waals surface area contributed by atoms with Crippen molar-refractivity contribution in [2.75, 3.05) is 51.8 Å². The number of carbonyl (C=O) groups excluding carboxylic acids is 1. The van der Waals surface area contributed by atoms with Crippen molar-refractivity contribution in [3.05, 3.63) is 48.0 Å². The summed E-state index contributed by atoms with van der Waals surface area (Å²) in [6.07, 6.45) is 1.10. The number of fused-ring (bicyclic) bond motifs is 1. The van der Waals surface area contributed by atoms with E-state index in [0.717, 1.165) is 44.0 Å². The molecule has 2 unspecified atom stereocenters. The number of ether oxygens (including phenoxy) is 3. The molecule has 2 aromatic carbocycles. The molecular weight excluding hydrogens is 436 g/mol. The van der Waals surface area contributed by atoms with Gasteiger partial charge in [-0.1, -0.05) is 6.07 Å². The summed E-state index contributed by atoms with van der Waals surface area (Å²) in [5, 5.41) is 20.5. The summed E-state index contributed by atoms with van der Waals surface area (Å²) in [4.78, 5) is 17.6. The van der Waals surface area contributed by atoms with Gasteiger partial charge in [0.1, 0.15) is 23.4 Å². The number of piperazine rings is 1. The number of phenolic OH excluding ortho intramolecular Hbond substituents is 1. The van der Waals surface area contributed by atoms with Crippen molar-refractivity contribution in [1.29, 1.82) is 0 Å². The van der Waals surface area contributed by atoms with E-state index >= 15 is 0 Å². The van der Waals surface area contributed by atoms with Gasteiger partial charge in [-0.2, -0.15) is 0 Å². The summed E-state index contributed by atoms with van der Waals surface area (Å²) in [5.74, 6) is 0.919. The number of benzene rings is 2. The molecule has 2 N–H and O–H groups in total. The van der Waals surface area contributed by atoms with Crippen molar-refractivity contribution in [2.24, 2.45) is 0 Å².